The summed E-state index contributed by atoms with van der Waals surface area (Å²) in [6.07, 6.45) is -1.26. The van der Waals surface area contributed by atoms with Crippen molar-refractivity contribution < 1.29 is 27.1 Å². The van der Waals surface area contributed by atoms with Crippen molar-refractivity contribution in [3.8, 4) is 0 Å². The second kappa shape index (κ2) is 10.7. The molecule has 4 heterocycles. The summed E-state index contributed by atoms with van der Waals surface area (Å²) in [5, 5.41) is 5.63. The van der Waals surface area contributed by atoms with Crippen molar-refractivity contribution in [3.05, 3.63) is 23.4 Å². The van der Waals surface area contributed by atoms with Crippen LogP contribution in [0, 0.1) is 6.92 Å². The van der Waals surface area contributed by atoms with Crippen molar-refractivity contribution in [2.24, 2.45) is 0 Å². The number of rotatable bonds is 8. The van der Waals surface area contributed by atoms with E-state index in [1.54, 1.807) is 6.92 Å². The first kappa shape index (κ1) is 25.0. The van der Waals surface area contributed by atoms with Gasteiger partial charge in [0.05, 0.1) is 6.61 Å². The fraction of sp³-hybridized carbons (Fsp3) is 0.636. The number of ether oxygens (including phenoxy) is 1. The Kier molecular flexibility index (Phi) is 7.63. The van der Waals surface area contributed by atoms with Gasteiger partial charge in [-0.25, -0.2) is 9.78 Å². The van der Waals surface area contributed by atoms with Crippen molar-refractivity contribution in [3.63, 3.8) is 0 Å². The van der Waals surface area contributed by atoms with Gasteiger partial charge in [0, 0.05) is 31.7 Å². The van der Waals surface area contributed by atoms with Crippen molar-refractivity contribution in [1.82, 2.24) is 24.8 Å². The highest BCUT2D eigenvalue weighted by Gasteiger charge is 2.35. The average Bonchev–Trinajstić information content (AvgIpc) is 3.17. The number of hydrogen-bond acceptors (Lipinski definition) is 9. The molecule has 2 N–H and O–H groups in total. The molecule has 13 heteroatoms. The minimum atomic E-state index is -4.62. The van der Waals surface area contributed by atoms with Crippen LogP contribution in [0.4, 0.5) is 35.5 Å². The van der Waals surface area contributed by atoms with Crippen molar-refractivity contribution in [2.45, 2.75) is 44.7 Å². The van der Waals surface area contributed by atoms with Crippen LogP contribution in [-0.4, -0.2) is 77.2 Å². The Balaban J connectivity index is 1.42. The van der Waals surface area contributed by atoms with Crippen LogP contribution >= 0.6 is 0 Å². The largest absolute Gasteiger partial charge is 0.449 e. The monoisotopic (exact) mass is 497 g/mol. The zero-order valence-corrected chi connectivity index (χ0v) is 19.8. The molecule has 1 amide bonds. The molecule has 2 aromatic rings. The summed E-state index contributed by atoms with van der Waals surface area (Å²) < 4.78 is 51.4. The lowest BCUT2D eigenvalue weighted by Gasteiger charge is -2.26. The Morgan fingerprint density at radius 2 is 1.94 bits per heavy atom. The van der Waals surface area contributed by atoms with E-state index < -0.39 is 17.8 Å². The number of halogens is 3. The number of oxazole rings is 1. The third kappa shape index (κ3) is 6.32. The number of aromatic nitrogens is 3. The molecule has 2 aliphatic heterocycles. The number of nitrogens with one attached hydrogen (secondary N) is 2. The Labute approximate surface area is 201 Å². The third-order valence-electron chi connectivity index (χ3n) is 6.16. The molecule has 0 aliphatic carbocycles. The molecule has 0 bridgehead atoms. The highest BCUT2D eigenvalue weighted by Crippen LogP contribution is 2.35. The number of hydrogen-bond donors (Lipinski definition) is 2. The third-order valence-corrected chi connectivity index (χ3v) is 6.16. The molecular weight excluding hydrogens is 467 g/mol. The van der Waals surface area contributed by atoms with Gasteiger partial charge in [-0.15, -0.1) is 0 Å². The topological polar surface area (TPSA) is 109 Å². The molecule has 35 heavy (non-hydrogen) atoms. The average molecular weight is 498 g/mol. The first-order chi connectivity index (χ1) is 16.7. The van der Waals surface area contributed by atoms with Crippen LogP contribution in [0.5, 0.6) is 0 Å². The van der Waals surface area contributed by atoms with Crippen LogP contribution in [0.3, 0.4) is 0 Å². The quantitative estimate of drug-likeness (QED) is 0.523. The van der Waals surface area contributed by atoms with Gasteiger partial charge in [0.2, 0.25) is 5.95 Å². The van der Waals surface area contributed by atoms with Crippen molar-refractivity contribution in [1.29, 1.82) is 0 Å². The van der Waals surface area contributed by atoms with Crippen LogP contribution in [0.2, 0.25) is 0 Å². The molecule has 0 unspecified atom stereocenters. The van der Waals surface area contributed by atoms with E-state index in [9.17, 15) is 18.0 Å². The molecule has 192 valence electrons. The Bertz CT molecular complexity index is 1020. The summed E-state index contributed by atoms with van der Waals surface area (Å²) in [5.74, 6) is 1.35. The summed E-state index contributed by atoms with van der Waals surface area (Å²) in [7, 11) is 2.07. The molecule has 4 rings (SSSR count). The van der Waals surface area contributed by atoms with Crippen LogP contribution in [0.25, 0.3) is 0 Å². The lowest BCUT2D eigenvalue weighted by atomic mass is 9.97. The minimum Gasteiger partial charge on any atom is -0.449 e. The molecule has 2 saturated heterocycles. The lowest BCUT2D eigenvalue weighted by Crippen LogP contribution is -2.38. The molecule has 0 aromatic carbocycles. The number of nitrogens with zero attached hydrogens (tertiary/aromatic N) is 5. The van der Waals surface area contributed by atoms with Gasteiger partial charge in [0.15, 0.2) is 11.7 Å². The first-order valence-electron chi connectivity index (χ1n) is 11.7. The number of amides is 1. The number of cyclic esters (lactones) is 1. The maximum atomic E-state index is 13.5. The number of piperidine rings is 1. The van der Waals surface area contributed by atoms with Gasteiger partial charge in [-0.2, -0.15) is 23.1 Å². The van der Waals surface area contributed by atoms with E-state index in [-0.39, 0.29) is 24.2 Å². The fourth-order valence-corrected chi connectivity index (χ4v) is 4.13. The van der Waals surface area contributed by atoms with E-state index in [4.69, 9.17) is 9.15 Å². The Morgan fingerprint density at radius 3 is 2.66 bits per heavy atom. The van der Waals surface area contributed by atoms with Crippen LogP contribution in [0.1, 0.15) is 48.8 Å². The molecule has 2 aliphatic rings. The highest BCUT2D eigenvalue weighted by atomic mass is 19.4. The van der Waals surface area contributed by atoms with E-state index in [2.05, 4.69) is 37.5 Å². The van der Waals surface area contributed by atoms with Gasteiger partial charge in [-0.1, -0.05) is 0 Å². The molecule has 0 radical (unpaired) electrons. The number of carbonyl (C=O) groups is 1. The summed E-state index contributed by atoms with van der Waals surface area (Å²) in [5.41, 5.74) is -0.968. The van der Waals surface area contributed by atoms with Crippen molar-refractivity contribution in [2.75, 3.05) is 57.0 Å². The van der Waals surface area contributed by atoms with Gasteiger partial charge >= 0.3 is 12.3 Å². The predicted molar refractivity (Wildman–Crippen MR) is 122 cm³/mol. The molecule has 2 aromatic heterocycles. The molecule has 10 nitrogen and oxygen atoms in total. The second-order valence-corrected chi connectivity index (χ2v) is 8.85. The van der Waals surface area contributed by atoms with E-state index in [1.165, 1.54) is 4.90 Å². The van der Waals surface area contributed by atoms with Gasteiger partial charge < -0.3 is 29.6 Å². The number of alkyl halides is 3. The normalized spacial score (nSPS) is 18.0. The van der Waals surface area contributed by atoms with Gasteiger partial charge in [0.1, 0.15) is 17.1 Å². The maximum Gasteiger partial charge on any atom is 0.421 e. The highest BCUT2D eigenvalue weighted by molar-refractivity contribution is 5.68. The van der Waals surface area contributed by atoms with Crippen LogP contribution in [-0.2, 0) is 10.9 Å². The number of carbonyl (C=O) groups excluding carboxylic acids is 1. The molecule has 2 fully saturated rings. The fourth-order valence-electron chi connectivity index (χ4n) is 4.13. The first-order valence-corrected chi connectivity index (χ1v) is 11.7. The number of anilines is 3. The Hall–Kier alpha value is -3.09. The summed E-state index contributed by atoms with van der Waals surface area (Å²) in [6.45, 7) is 5.17. The molecule has 0 atom stereocenters. The van der Waals surface area contributed by atoms with Gasteiger partial charge in [0.25, 0.3) is 0 Å². The van der Waals surface area contributed by atoms with Crippen LogP contribution in [0.15, 0.2) is 10.6 Å². The zero-order chi connectivity index (χ0) is 25.0. The zero-order valence-electron chi connectivity index (χ0n) is 19.8. The number of likely N-dealkylation sites (tertiary alicyclic amines) is 1. The smallest absolute Gasteiger partial charge is 0.421 e. The predicted octanol–water partition coefficient (Wildman–Crippen LogP) is 3.99. The lowest BCUT2D eigenvalue weighted by molar-refractivity contribution is -0.137. The van der Waals surface area contributed by atoms with Crippen molar-refractivity contribution >= 4 is 23.7 Å². The summed E-state index contributed by atoms with van der Waals surface area (Å²) in [6, 6.07) is 0. The minimum absolute atomic E-state index is 0.0218. The summed E-state index contributed by atoms with van der Waals surface area (Å²) in [4.78, 5) is 27.9. The molecule has 0 spiro atoms. The van der Waals surface area contributed by atoms with E-state index in [0.717, 1.165) is 38.5 Å². The SMILES string of the molecule is Cc1oc(C2CCN(C)CC2)nc1Nc1ncc(C(F)(F)F)c(NCCCN2CCCOC2=O)n1. The van der Waals surface area contributed by atoms with E-state index in [1.807, 2.05) is 0 Å². The molecule has 0 saturated carbocycles. The van der Waals surface area contributed by atoms with E-state index in [0.29, 0.717) is 43.6 Å². The Morgan fingerprint density at radius 1 is 1.17 bits per heavy atom. The maximum absolute atomic E-state index is 13.5. The van der Waals surface area contributed by atoms with Gasteiger partial charge in [-0.3, -0.25) is 0 Å². The molecular formula is C22H30F3N7O3. The second-order valence-electron chi connectivity index (χ2n) is 8.85. The number of aryl methyl sites for hydroxylation is 1. The van der Waals surface area contributed by atoms with E-state index >= 15 is 0 Å². The standard InChI is InChI=1S/C22H30F3N7O3/c1-14-17(28-19(35-14)15-5-10-31(2)11-6-15)29-20-27-13-16(22(23,24)25)18(30-20)26-7-3-8-32-9-4-12-34-21(32)33/h13,15H,3-12H2,1-2H3,(H2,26,27,29,30). The van der Waals surface area contributed by atoms with Crippen LogP contribution < -0.4 is 10.6 Å². The van der Waals surface area contributed by atoms with Gasteiger partial charge in [-0.05, 0) is 52.7 Å². The summed E-state index contributed by atoms with van der Waals surface area (Å²) >= 11 is 0.